The number of nitrogens with two attached hydrogens (primary N) is 1. The molecular weight excluding hydrogens is 269 g/mol. The lowest BCUT2D eigenvalue weighted by Crippen LogP contribution is -2.14. The molecule has 6 heteroatoms. The molecule has 1 amide bonds. The first-order valence-corrected chi connectivity index (χ1v) is 5.83. The predicted molar refractivity (Wildman–Crippen MR) is 72.7 cm³/mol. The van der Waals surface area contributed by atoms with Gasteiger partial charge in [-0.25, -0.2) is 9.37 Å². The third-order valence-electron chi connectivity index (χ3n) is 2.55. The molecule has 0 aliphatic carbocycles. The third-order valence-corrected chi connectivity index (χ3v) is 2.85. The highest BCUT2D eigenvalue weighted by Crippen LogP contribution is 2.20. The van der Waals surface area contributed by atoms with Crippen molar-refractivity contribution in [3.05, 3.63) is 52.6 Å². The molecule has 0 fully saturated rings. The number of carbonyl (C=O) groups is 1. The maximum absolute atomic E-state index is 13.1. The number of rotatable bonds is 2. The van der Waals surface area contributed by atoms with E-state index in [4.69, 9.17) is 17.3 Å². The van der Waals surface area contributed by atoms with Gasteiger partial charge in [0.1, 0.15) is 11.0 Å². The van der Waals surface area contributed by atoms with E-state index in [2.05, 4.69) is 10.3 Å². The van der Waals surface area contributed by atoms with E-state index in [0.29, 0.717) is 11.4 Å². The smallest absolute Gasteiger partial charge is 0.258 e. The zero-order valence-corrected chi connectivity index (χ0v) is 10.8. The van der Waals surface area contributed by atoms with Crippen LogP contribution in [0.25, 0.3) is 0 Å². The third kappa shape index (κ3) is 3.00. The van der Waals surface area contributed by atoms with Crippen molar-refractivity contribution < 1.29 is 9.18 Å². The monoisotopic (exact) mass is 279 g/mol. The number of hydrogen-bond donors (Lipinski definition) is 2. The molecular formula is C13H11ClFN3O. The van der Waals surface area contributed by atoms with E-state index in [1.807, 2.05) is 0 Å². The normalized spacial score (nSPS) is 10.3. The van der Waals surface area contributed by atoms with E-state index in [9.17, 15) is 9.18 Å². The molecule has 1 aromatic heterocycles. The zero-order valence-electron chi connectivity index (χ0n) is 10.1. The summed E-state index contributed by atoms with van der Waals surface area (Å²) in [6.45, 7) is 1.76. The van der Waals surface area contributed by atoms with Gasteiger partial charge < -0.3 is 11.1 Å². The fourth-order valence-corrected chi connectivity index (χ4v) is 1.73. The Hall–Kier alpha value is -2.14. The molecule has 98 valence electrons. The standard InChI is InChI=1S/C13H11ClFN3O/c1-7-2-3-8(15)4-11(7)18-13(19)10-5-9(16)6-17-12(10)14/h2-6H,16H2,1H3,(H,18,19). The van der Waals surface area contributed by atoms with Crippen LogP contribution in [-0.4, -0.2) is 10.9 Å². The molecule has 0 spiro atoms. The van der Waals surface area contributed by atoms with Gasteiger partial charge in [0.25, 0.3) is 5.91 Å². The van der Waals surface area contributed by atoms with Gasteiger partial charge in [-0.3, -0.25) is 4.79 Å². The molecule has 0 unspecified atom stereocenters. The Morgan fingerprint density at radius 2 is 2.16 bits per heavy atom. The molecule has 1 heterocycles. The fraction of sp³-hybridized carbons (Fsp3) is 0.0769. The lowest BCUT2D eigenvalue weighted by molar-refractivity contribution is 0.102. The van der Waals surface area contributed by atoms with E-state index in [0.717, 1.165) is 5.56 Å². The molecule has 3 N–H and O–H groups in total. The second-order valence-corrected chi connectivity index (χ2v) is 4.38. The summed E-state index contributed by atoms with van der Waals surface area (Å²) in [6, 6.07) is 5.55. The lowest BCUT2D eigenvalue weighted by Gasteiger charge is -2.09. The predicted octanol–water partition coefficient (Wildman–Crippen LogP) is 3.02. The van der Waals surface area contributed by atoms with Gasteiger partial charge in [0, 0.05) is 5.69 Å². The second-order valence-electron chi connectivity index (χ2n) is 4.02. The van der Waals surface area contributed by atoms with Crippen LogP contribution in [0.4, 0.5) is 15.8 Å². The topological polar surface area (TPSA) is 68.0 Å². The summed E-state index contributed by atoms with van der Waals surface area (Å²) >= 11 is 5.83. The Kier molecular flexibility index (Phi) is 3.66. The number of nitrogens with zero attached hydrogens (tertiary/aromatic N) is 1. The number of benzene rings is 1. The molecule has 19 heavy (non-hydrogen) atoms. The molecule has 0 saturated carbocycles. The van der Waals surface area contributed by atoms with Crippen molar-refractivity contribution >= 4 is 28.9 Å². The number of carbonyl (C=O) groups excluding carboxylic acids is 1. The van der Waals surface area contributed by atoms with Crippen LogP contribution >= 0.6 is 11.6 Å². The van der Waals surface area contributed by atoms with Crippen LogP contribution in [0.5, 0.6) is 0 Å². The van der Waals surface area contributed by atoms with Crippen molar-refractivity contribution in [3.8, 4) is 0 Å². The quantitative estimate of drug-likeness (QED) is 0.830. The van der Waals surface area contributed by atoms with E-state index >= 15 is 0 Å². The Morgan fingerprint density at radius 3 is 2.89 bits per heavy atom. The van der Waals surface area contributed by atoms with Gasteiger partial charge in [0.2, 0.25) is 0 Å². The number of pyridine rings is 1. The summed E-state index contributed by atoms with van der Waals surface area (Å²) in [7, 11) is 0. The highest BCUT2D eigenvalue weighted by atomic mass is 35.5. The first-order chi connectivity index (χ1) is 8.97. The van der Waals surface area contributed by atoms with Crippen molar-refractivity contribution in [1.82, 2.24) is 4.98 Å². The molecule has 0 atom stereocenters. The van der Waals surface area contributed by atoms with Gasteiger partial charge >= 0.3 is 0 Å². The average Bonchev–Trinajstić information content (AvgIpc) is 2.36. The first-order valence-electron chi connectivity index (χ1n) is 5.46. The number of aromatic nitrogens is 1. The van der Waals surface area contributed by atoms with Gasteiger partial charge in [-0.1, -0.05) is 17.7 Å². The van der Waals surface area contributed by atoms with Gasteiger partial charge in [0.15, 0.2) is 0 Å². The minimum absolute atomic E-state index is 0.0424. The second kappa shape index (κ2) is 5.24. The summed E-state index contributed by atoms with van der Waals surface area (Å²) in [6.07, 6.45) is 1.35. The maximum Gasteiger partial charge on any atom is 0.258 e. The fourth-order valence-electron chi connectivity index (χ4n) is 1.54. The van der Waals surface area contributed by atoms with Crippen LogP contribution in [0.3, 0.4) is 0 Å². The van der Waals surface area contributed by atoms with Crippen molar-refractivity contribution in [2.45, 2.75) is 6.92 Å². The minimum atomic E-state index is -0.487. The van der Waals surface area contributed by atoms with E-state index in [-0.39, 0.29) is 10.7 Å². The molecule has 2 rings (SSSR count). The molecule has 0 saturated heterocycles. The maximum atomic E-state index is 13.1. The average molecular weight is 280 g/mol. The Bertz CT molecular complexity index is 646. The van der Waals surface area contributed by atoms with Crippen LogP contribution in [0.1, 0.15) is 15.9 Å². The molecule has 4 nitrogen and oxygen atoms in total. The van der Waals surface area contributed by atoms with Crippen molar-refractivity contribution in [1.29, 1.82) is 0 Å². The van der Waals surface area contributed by atoms with Crippen LogP contribution in [0.2, 0.25) is 5.15 Å². The van der Waals surface area contributed by atoms with Gasteiger partial charge in [-0.05, 0) is 30.7 Å². The largest absolute Gasteiger partial charge is 0.397 e. The summed E-state index contributed by atoms with van der Waals surface area (Å²) in [4.78, 5) is 15.8. The SMILES string of the molecule is Cc1ccc(F)cc1NC(=O)c1cc(N)cnc1Cl. The van der Waals surface area contributed by atoms with Crippen LogP contribution in [-0.2, 0) is 0 Å². The minimum Gasteiger partial charge on any atom is -0.397 e. The number of nitrogens with one attached hydrogen (secondary N) is 1. The van der Waals surface area contributed by atoms with Crippen molar-refractivity contribution in [2.24, 2.45) is 0 Å². The summed E-state index contributed by atoms with van der Waals surface area (Å²) < 4.78 is 13.1. The number of halogens is 2. The van der Waals surface area contributed by atoms with Crippen LogP contribution < -0.4 is 11.1 Å². The Morgan fingerprint density at radius 1 is 1.42 bits per heavy atom. The zero-order chi connectivity index (χ0) is 14.0. The number of anilines is 2. The molecule has 0 aliphatic heterocycles. The highest BCUT2D eigenvalue weighted by molar-refractivity contribution is 6.33. The molecule has 1 aromatic carbocycles. The summed E-state index contributed by atoms with van der Waals surface area (Å²) in [5.41, 5.74) is 7.14. The van der Waals surface area contributed by atoms with E-state index < -0.39 is 11.7 Å². The summed E-state index contributed by atoms with van der Waals surface area (Å²) in [5, 5.41) is 2.62. The Labute approximate surface area is 114 Å². The van der Waals surface area contributed by atoms with Gasteiger partial charge in [-0.2, -0.15) is 0 Å². The van der Waals surface area contributed by atoms with Gasteiger partial charge in [-0.15, -0.1) is 0 Å². The van der Waals surface area contributed by atoms with E-state index in [1.54, 1.807) is 13.0 Å². The van der Waals surface area contributed by atoms with Gasteiger partial charge in [0.05, 0.1) is 17.4 Å². The number of amides is 1. The summed E-state index contributed by atoms with van der Waals surface area (Å²) in [5.74, 6) is -0.920. The van der Waals surface area contributed by atoms with Crippen molar-refractivity contribution in [2.75, 3.05) is 11.1 Å². The number of aryl methyl sites for hydroxylation is 1. The number of hydrogen-bond acceptors (Lipinski definition) is 3. The first kappa shape index (κ1) is 13.3. The van der Waals surface area contributed by atoms with E-state index in [1.165, 1.54) is 24.4 Å². The molecule has 2 aromatic rings. The molecule has 0 aliphatic rings. The molecule has 0 bridgehead atoms. The highest BCUT2D eigenvalue weighted by Gasteiger charge is 2.13. The lowest BCUT2D eigenvalue weighted by atomic mass is 10.2. The van der Waals surface area contributed by atoms with Crippen LogP contribution in [0, 0.1) is 12.7 Å². The Balaban J connectivity index is 2.30. The number of nitrogen functional groups attached to an aromatic ring is 1. The van der Waals surface area contributed by atoms with Crippen LogP contribution in [0.15, 0.2) is 30.5 Å². The van der Waals surface area contributed by atoms with Crippen molar-refractivity contribution in [3.63, 3.8) is 0 Å². The molecule has 0 radical (unpaired) electrons.